The monoisotopic (exact) mass is 2300 g/mol. The fourth-order valence-electron chi connectivity index (χ4n) is 10.5. The zero-order valence-electron chi connectivity index (χ0n) is 81.2. The zero-order valence-corrected chi connectivity index (χ0v) is 92.3. The van der Waals surface area contributed by atoms with E-state index >= 15 is 0 Å². The first kappa shape index (κ1) is 145. The average molecular weight is 2300 g/mol. The molecule has 1 aliphatic carbocycles. The minimum atomic E-state index is -4.90. The molecule has 2 amide bonds. The van der Waals surface area contributed by atoms with Crippen LogP contribution in [-0.4, -0.2) is 214 Å². The number of urea groups is 1. The molecule has 0 atom stereocenters. The van der Waals surface area contributed by atoms with E-state index < -0.39 is 149 Å². The van der Waals surface area contributed by atoms with Gasteiger partial charge in [-0.3, -0.25) is 125 Å². The summed E-state index contributed by atoms with van der Waals surface area (Å²) in [4.78, 5) is 213. The number of aromatic amines is 2. The van der Waals surface area contributed by atoms with Gasteiger partial charge in [-0.1, -0.05) is 99.1 Å². The number of nitrogens with zero attached hydrogens (tertiary/aromatic N) is 12. The summed E-state index contributed by atoms with van der Waals surface area (Å²) in [7, 11) is -1.99. The van der Waals surface area contributed by atoms with E-state index in [-0.39, 0.29) is 156 Å². The number of aromatic nitrogens is 10. The Morgan fingerprint density at radius 2 is 1.04 bits per heavy atom. The van der Waals surface area contributed by atoms with E-state index in [1.165, 1.54) is 201 Å². The summed E-state index contributed by atoms with van der Waals surface area (Å²) in [6, 6.07) is 16.7. The van der Waals surface area contributed by atoms with E-state index in [9.17, 15) is 137 Å². The topological polar surface area (TPSA) is 755 Å². The number of nitro groups is 3. The van der Waals surface area contributed by atoms with Crippen molar-refractivity contribution in [2.75, 3.05) is 25.6 Å². The molecule has 0 unspecified atom stereocenters. The second kappa shape index (κ2) is 73.7. The van der Waals surface area contributed by atoms with Crippen LogP contribution in [0.1, 0.15) is 136 Å². The van der Waals surface area contributed by atoms with Crippen molar-refractivity contribution >= 4 is 160 Å². The fraction of sp³-hybridized carbons (Fsp3) is 0.388. The van der Waals surface area contributed by atoms with Gasteiger partial charge < -0.3 is 54.3 Å². The summed E-state index contributed by atoms with van der Waals surface area (Å²) in [5.74, 6) is -1.47. The van der Waals surface area contributed by atoms with E-state index in [0.29, 0.717) is 69.5 Å². The number of unbranched alkanes of at least 4 members (excludes halogenated alkanes) is 2. The summed E-state index contributed by atoms with van der Waals surface area (Å²) in [6.07, 6.45) is -0.240. The molecule has 0 spiro atoms. The molecule has 54 nitrogen and oxygen atoms in total. The molecule has 0 bridgehead atoms. The number of primary amides is 1. The van der Waals surface area contributed by atoms with E-state index in [2.05, 4.69) is 69.4 Å². The van der Waals surface area contributed by atoms with Crippen LogP contribution >= 0.6 is 15.9 Å². The number of aldehydes is 1. The van der Waals surface area contributed by atoms with Crippen molar-refractivity contribution in [3.05, 3.63) is 281 Å². The van der Waals surface area contributed by atoms with Crippen LogP contribution in [0.2, 0.25) is 0 Å². The number of rotatable bonds is 25. The number of hydrogen-bond donors (Lipinski definition) is 6. The number of esters is 3. The maximum atomic E-state index is 12.8. The van der Waals surface area contributed by atoms with Crippen LogP contribution in [0.5, 0.6) is 17.2 Å². The maximum absolute atomic E-state index is 12.8. The van der Waals surface area contributed by atoms with E-state index in [1.54, 1.807) is 26.1 Å². The Balaban J connectivity index is -0.000000539. The molecule has 1 aliphatic heterocycles. The predicted octanol–water partition coefficient (Wildman–Crippen LogP) is 2.07. The normalized spacial score (nSPS) is 10.8. The number of benzene rings is 3. The van der Waals surface area contributed by atoms with Gasteiger partial charge in [0.15, 0.2) is 0 Å². The van der Waals surface area contributed by atoms with Crippen molar-refractivity contribution < 1.29 is 198 Å². The number of ether oxygens (including phenoxy) is 6. The van der Waals surface area contributed by atoms with Crippen LogP contribution in [0, 0.1) is 56.0 Å². The summed E-state index contributed by atoms with van der Waals surface area (Å²) >= 11 is 6.20. The number of fused-ring (bicyclic) bond motifs is 1. The number of H-pyrrole nitrogens is 2. The molecule has 5 aromatic heterocycles. The number of nitrogens with two attached hydrogens (primary N) is 1. The Morgan fingerprint density at radius 1 is 0.638 bits per heavy atom. The molecule has 0 radical (unpaired) electrons. The van der Waals surface area contributed by atoms with Crippen LogP contribution in [0.4, 0.5) is 57.0 Å². The van der Waals surface area contributed by atoms with Crippen molar-refractivity contribution in [1.82, 2.24) is 51.8 Å². The van der Waals surface area contributed by atoms with Crippen LogP contribution in [-0.2, 0) is 124 Å². The first-order valence-electron chi connectivity index (χ1n) is 41.0. The van der Waals surface area contributed by atoms with Crippen molar-refractivity contribution in [2.24, 2.45) is 46.3 Å². The van der Waals surface area contributed by atoms with Crippen LogP contribution in [0.3, 0.4) is 0 Å². The predicted molar refractivity (Wildman–Crippen MR) is 514 cm³/mol. The Bertz CT molecular complexity index is 7000. The summed E-state index contributed by atoms with van der Waals surface area (Å²) in [5, 5.41) is 45.8. The number of amides is 2. The van der Waals surface area contributed by atoms with Crippen molar-refractivity contribution in [3.63, 3.8) is 0 Å². The van der Waals surface area contributed by atoms with Gasteiger partial charge in [0, 0.05) is 110 Å². The molecule has 0 saturated carbocycles. The second-order valence-corrected chi connectivity index (χ2v) is 31.8. The number of carbonyl (C=O) groups excluding carboxylic acids is 5. The Hall–Kier alpha value is -12.3. The van der Waals surface area contributed by atoms with Gasteiger partial charge in [-0.2, -0.15) is 34.0 Å². The molecular formula is C80H98BrF8KN16Na2O38S3. The molecule has 69 heteroatoms. The van der Waals surface area contributed by atoms with E-state index in [4.69, 9.17) is 54.0 Å². The van der Waals surface area contributed by atoms with Gasteiger partial charge in [-0.25, -0.2) is 28.8 Å². The fourth-order valence-corrected chi connectivity index (χ4v) is 11.0. The third-order valence-corrected chi connectivity index (χ3v) is 18.8. The van der Waals surface area contributed by atoms with Gasteiger partial charge >= 0.3 is 229 Å². The molecule has 10 rings (SSSR count). The summed E-state index contributed by atoms with van der Waals surface area (Å²) in [6.45, 7) is 11.6. The second-order valence-electron chi connectivity index (χ2n) is 27.6. The number of alkyl halides is 9. The summed E-state index contributed by atoms with van der Waals surface area (Å²) < 4.78 is 200. The zero-order chi connectivity index (χ0) is 114. The van der Waals surface area contributed by atoms with Crippen molar-refractivity contribution in [2.45, 2.75) is 146 Å². The molecule has 1 saturated heterocycles. The Morgan fingerprint density at radius 3 is 1.42 bits per heavy atom. The summed E-state index contributed by atoms with van der Waals surface area (Å²) in [5.41, 5.74) is -1.35. The number of nitrogens with one attached hydrogen (secondary N) is 3. The molecule has 1 fully saturated rings. The molecule has 149 heavy (non-hydrogen) atoms. The van der Waals surface area contributed by atoms with Crippen molar-refractivity contribution in [1.29, 1.82) is 0 Å². The number of hydrogen-bond acceptors (Lipinski definition) is 37. The van der Waals surface area contributed by atoms with Gasteiger partial charge in [0.2, 0.25) is 0 Å². The van der Waals surface area contributed by atoms with Gasteiger partial charge in [0.1, 0.15) is 58.1 Å². The Labute approximate surface area is 917 Å². The first-order chi connectivity index (χ1) is 68.2. The standard InChI is InChI=1S/C20H19F3N2O5.C19H18F3N3O7.C10H15N3O4.C8H6F2O2.C6H7N3O4.C6H8N2O2.C4H9Br.C4H4O2.C2H6N2O.CH4.K.HNO3.2Na.O4S2.H2O4S/c1-12(26)29-8-4-7-25-18(27)16-10-14(11-17(16)24(2)19(25)28)13-5-3-6-15(9-13)30-20(21,22)23;1-12(26)31-10-4-9-24-17(27)16(25(29)30)15(23(2)18(24)28)8-7-13-5-3-6-14(11-13)32-19(20,21)22;1-4-5-6-12-9(14)8(13(16)17)7(2)11(3)10(12)15;9-8(10)12-7-3-1-2-6(4-7)5-11;1-3-4(9(12)13)5(10)7-6(11)8(3)2;1-4-3-5(9)7-6(10)8(4)2;1-2-3-4-5;1-3-2-4(5)6-3;1-4-2(3)5;;;2-1-4-3;;;1-5(2)6(3)4;1-5(2,3)4/h3,5-6,9,11H,4,7-8,10H2,1-2H3;3,5-8,11H,4,9-10H2,1-2H3;4-6H2,1-3H3;1-5,8H;1-2H3,(H,7,10,11);3H,1-2H3,(H,7,9,10);2-4H2,1H3;1-2H2;1H3,(H3,3,4,5);1H4;;3H;;;;(H2,1,2,3,4)/q;;;;;;;;;;+1;;;;;/p-1/b;8-7+;;;;;;;;;;;;;;. The first-order valence-corrected chi connectivity index (χ1v) is 54.1. The van der Waals surface area contributed by atoms with Crippen molar-refractivity contribution in [3.8, 4) is 17.2 Å². The van der Waals surface area contributed by atoms with E-state index in [0.717, 1.165) is 52.8 Å². The number of carbonyl (C=O) groups is 5. The Kier molecular flexibility index (Phi) is 71.8. The molecule has 8 aromatic rings. The van der Waals surface area contributed by atoms with Gasteiger partial charge in [0.25, 0.3) is 11.1 Å². The molecule has 6 heterocycles. The molecular weight excluding hydrogens is 2210 g/mol. The van der Waals surface area contributed by atoms with Gasteiger partial charge in [-0.05, 0) is 112 Å². The molecule has 7 N–H and O–H groups in total. The number of aryl methyl sites for hydroxylation is 1. The third kappa shape index (κ3) is 57.3. The number of halogens is 9. The van der Waals surface area contributed by atoms with Gasteiger partial charge in [0.05, 0.1) is 33.7 Å². The number of allylic oxidation sites excluding steroid dienone is 1. The average Bonchev–Trinajstić information content (AvgIpc) is 1.66. The van der Waals surface area contributed by atoms with Gasteiger partial charge in [-0.15, -0.1) is 31.2 Å². The minimum absolute atomic E-state index is 0. The molecule has 3 aromatic carbocycles. The van der Waals surface area contributed by atoms with Crippen LogP contribution < -0.4 is 138 Å². The van der Waals surface area contributed by atoms with E-state index in [1.807, 2.05) is 11.9 Å². The molecule has 810 valence electrons. The van der Waals surface area contributed by atoms with Crippen LogP contribution in [0.25, 0.3) is 23.8 Å². The third-order valence-electron chi connectivity index (χ3n) is 17.3. The quantitative estimate of drug-likeness (QED) is 0.00388. The van der Waals surface area contributed by atoms with Crippen LogP contribution in [0.15, 0.2) is 144 Å². The SMILES string of the molecule is C.C=C1CC(=O)O1.CC(=O)OCCCn1c(=O)c([N+](=O)[O-])c(/C=C/c2cccc(OC(F)(F)F)c2)n(C)c1=O.CC(=O)OCCCn1c(=O)c2c(n(C)c1=O)C=C(c1cccc(OC(F)(F)F)c1)C2.CCCCBr.CCCCn1c(=O)c([N+](=O)[O-])c(C)n(C)c1=O.CNC(N)=O.Cc1c([N+](=O)[O-])c(=O)[nH]c(=O)n1C.Cc1cc(=O)[nH]c(=O)n1C.O=Cc1cccc(OC(F)F)c1.O=NO[O-].O=S(=O)(O)O.O=S(=O)=S(=O)=O.[K+].[Na][Na]. The number of cyclic esters (lactones) is 1. The molecule has 2 aliphatic rings.